The highest BCUT2D eigenvalue weighted by Gasteiger charge is 2.18. The normalized spacial score (nSPS) is 11.5. The fraction of sp³-hybridized carbons (Fsp3) is 0.176. The third-order valence-electron chi connectivity index (χ3n) is 3.22. The lowest BCUT2D eigenvalue weighted by Crippen LogP contribution is -2.15. The maximum atomic E-state index is 12.3. The van der Waals surface area contributed by atoms with Gasteiger partial charge in [0.2, 0.25) is 5.91 Å². The number of sulfonamides is 1. The third kappa shape index (κ3) is 5.55. The number of benzene rings is 2. The number of carbonyl (C=O) groups excluding carboxylic acids is 1. The molecule has 0 saturated heterocycles. The third-order valence-corrected chi connectivity index (χ3v) is 5.81. The van der Waals surface area contributed by atoms with Gasteiger partial charge in [-0.05, 0) is 45.8 Å². The molecule has 0 heterocycles. The first-order valence-corrected chi connectivity index (χ1v) is 10.1. The monoisotopic (exact) mass is 457 g/mol. The molecule has 2 aromatic carbocycles. The van der Waals surface area contributed by atoms with Gasteiger partial charge in [0.15, 0.2) is 0 Å². The highest BCUT2D eigenvalue weighted by molar-refractivity contribution is 9.10. The molecule has 0 fully saturated rings. The van der Waals surface area contributed by atoms with Crippen LogP contribution in [0, 0.1) is 0 Å². The minimum atomic E-state index is -3.90. The molecule has 2 aromatic rings. The molecular weight excluding hydrogens is 442 g/mol. The van der Waals surface area contributed by atoms with E-state index in [2.05, 4.69) is 25.6 Å². The molecule has 0 aliphatic heterocycles. The maximum Gasteiger partial charge on any atom is 0.284 e. The van der Waals surface area contributed by atoms with Crippen molar-refractivity contribution in [2.75, 3.05) is 19.4 Å². The van der Waals surface area contributed by atoms with Crippen molar-refractivity contribution in [1.29, 1.82) is 0 Å². The molecule has 0 atom stereocenters. The van der Waals surface area contributed by atoms with Gasteiger partial charge in [-0.15, -0.1) is 4.40 Å². The largest absolute Gasteiger partial charge is 0.368 e. The van der Waals surface area contributed by atoms with Crippen LogP contribution >= 0.6 is 27.5 Å². The Kier molecular flexibility index (Phi) is 6.80. The zero-order valence-corrected chi connectivity index (χ0v) is 17.3. The highest BCUT2D eigenvalue weighted by atomic mass is 79.9. The van der Waals surface area contributed by atoms with Crippen LogP contribution in [0.1, 0.15) is 5.56 Å². The molecule has 0 aliphatic carbocycles. The fourth-order valence-electron chi connectivity index (χ4n) is 2.01. The van der Waals surface area contributed by atoms with Crippen LogP contribution in [0.15, 0.2) is 56.2 Å². The number of halogens is 2. The van der Waals surface area contributed by atoms with Gasteiger partial charge in [-0.25, -0.2) is 0 Å². The number of carbonyl (C=O) groups is 1. The Morgan fingerprint density at radius 3 is 2.62 bits per heavy atom. The van der Waals surface area contributed by atoms with Crippen molar-refractivity contribution in [1.82, 2.24) is 4.90 Å². The summed E-state index contributed by atoms with van der Waals surface area (Å²) in [5, 5.41) is 3.18. The molecule has 9 heteroatoms. The first-order chi connectivity index (χ1) is 12.2. The average molecular weight is 459 g/mol. The van der Waals surface area contributed by atoms with Crippen molar-refractivity contribution < 1.29 is 13.2 Å². The van der Waals surface area contributed by atoms with E-state index in [0.29, 0.717) is 20.7 Å². The van der Waals surface area contributed by atoms with E-state index in [9.17, 15) is 13.2 Å². The van der Waals surface area contributed by atoms with Crippen LogP contribution < -0.4 is 5.32 Å². The van der Waals surface area contributed by atoms with Crippen LogP contribution in [0.5, 0.6) is 0 Å². The van der Waals surface area contributed by atoms with Crippen LogP contribution in [0.25, 0.3) is 0 Å². The van der Waals surface area contributed by atoms with E-state index in [0.717, 1.165) is 0 Å². The summed E-state index contributed by atoms with van der Waals surface area (Å²) in [5.41, 5.74) is 1.04. The van der Waals surface area contributed by atoms with Crippen LogP contribution in [0.4, 0.5) is 5.69 Å². The second-order valence-corrected chi connectivity index (χ2v) is 8.48. The molecule has 26 heavy (non-hydrogen) atoms. The van der Waals surface area contributed by atoms with E-state index in [1.807, 2.05) is 0 Å². The number of hydrogen-bond acceptors (Lipinski definition) is 3. The number of hydrogen-bond donors (Lipinski definition) is 1. The minimum absolute atomic E-state index is 0.0360. The minimum Gasteiger partial charge on any atom is -0.368 e. The van der Waals surface area contributed by atoms with Crippen molar-refractivity contribution in [3.63, 3.8) is 0 Å². The number of amides is 1. The number of nitrogens with one attached hydrogen (secondary N) is 1. The molecule has 0 saturated carbocycles. The summed E-state index contributed by atoms with van der Waals surface area (Å²) in [6, 6.07) is 11.5. The summed E-state index contributed by atoms with van der Waals surface area (Å²) in [6.45, 7) is 0. The summed E-state index contributed by atoms with van der Waals surface area (Å²) in [4.78, 5) is 13.7. The average Bonchev–Trinajstić information content (AvgIpc) is 2.57. The molecule has 6 nitrogen and oxygen atoms in total. The molecule has 0 aromatic heterocycles. The van der Waals surface area contributed by atoms with Crippen molar-refractivity contribution >= 4 is 55.5 Å². The number of nitrogens with zero attached hydrogens (tertiary/aromatic N) is 2. The summed E-state index contributed by atoms with van der Waals surface area (Å²) < 4.78 is 28.7. The van der Waals surface area contributed by atoms with Gasteiger partial charge in [-0.2, -0.15) is 8.42 Å². The van der Waals surface area contributed by atoms with Crippen LogP contribution in [-0.4, -0.2) is 39.7 Å². The Morgan fingerprint density at radius 1 is 1.27 bits per heavy atom. The Bertz CT molecular complexity index is 946. The Balaban J connectivity index is 2.21. The molecule has 0 unspecified atom stereocenters. The lowest BCUT2D eigenvalue weighted by molar-refractivity contribution is -0.115. The summed E-state index contributed by atoms with van der Waals surface area (Å²) in [7, 11) is -0.569. The first-order valence-electron chi connectivity index (χ1n) is 7.49. The second-order valence-electron chi connectivity index (χ2n) is 5.62. The smallest absolute Gasteiger partial charge is 0.284 e. The number of rotatable bonds is 6. The van der Waals surface area contributed by atoms with Crippen LogP contribution in [-0.2, 0) is 21.2 Å². The van der Waals surface area contributed by atoms with Gasteiger partial charge < -0.3 is 10.2 Å². The molecule has 0 spiro atoms. The summed E-state index contributed by atoms with van der Waals surface area (Å²) >= 11 is 9.26. The predicted molar refractivity (Wildman–Crippen MR) is 107 cm³/mol. The number of anilines is 1. The van der Waals surface area contributed by atoms with E-state index < -0.39 is 10.0 Å². The Hall–Kier alpha value is -1.90. The van der Waals surface area contributed by atoms with Crippen molar-refractivity contribution in [2.45, 2.75) is 11.3 Å². The topological polar surface area (TPSA) is 78.8 Å². The van der Waals surface area contributed by atoms with Crippen molar-refractivity contribution in [3.05, 3.63) is 57.5 Å². The fourth-order valence-corrected chi connectivity index (χ4v) is 4.09. The zero-order chi connectivity index (χ0) is 19.3. The second kappa shape index (κ2) is 8.66. The standard InChI is InChI=1S/C17H17BrClN3O3S/c1-22(2)11-20-26(24,25)16-10-13(7-8-14(16)18)21-17(23)9-12-5-3-4-6-15(12)19/h3-8,10-11H,9H2,1-2H3,(H,21,23). The van der Waals surface area contributed by atoms with Gasteiger partial charge in [0.25, 0.3) is 10.0 Å². The van der Waals surface area contributed by atoms with Crippen LogP contribution in [0.2, 0.25) is 5.02 Å². The lowest BCUT2D eigenvalue weighted by Gasteiger charge is -2.09. The van der Waals surface area contributed by atoms with Gasteiger partial charge in [0.05, 0.1) is 6.42 Å². The maximum absolute atomic E-state index is 12.3. The Morgan fingerprint density at radius 2 is 1.96 bits per heavy atom. The van der Waals surface area contributed by atoms with Gasteiger partial charge in [-0.3, -0.25) is 4.79 Å². The SMILES string of the molecule is CN(C)C=NS(=O)(=O)c1cc(NC(=O)Cc2ccccc2Cl)ccc1Br. The molecular formula is C17H17BrClN3O3S. The van der Waals surface area contributed by atoms with Gasteiger partial charge in [0.1, 0.15) is 11.2 Å². The zero-order valence-electron chi connectivity index (χ0n) is 14.1. The molecule has 0 radical (unpaired) electrons. The lowest BCUT2D eigenvalue weighted by atomic mass is 10.1. The van der Waals surface area contributed by atoms with Gasteiger partial charge in [-0.1, -0.05) is 29.8 Å². The van der Waals surface area contributed by atoms with E-state index in [1.165, 1.54) is 17.3 Å². The molecule has 1 amide bonds. The Labute approximate surface area is 166 Å². The van der Waals surface area contributed by atoms with Crippen molar-refractivity contribution in [2.24, 2.45) is 4.40 Å². The quantitative estimate of drug-likeness (QED) is 0.530. The highest BCUT2D eigenvalue weighted by Crippen LogP contribution is 2.27. The van der Waals surface area contributed by atoms with Gasteiger partial charge in [0, 0.05) is 29.3 Å². The molecule has 0 bridgehead atoms. The van der Waals surface area contributed by atoms with Gasteiger partial charge >= 0.3 is 0 Å². The summed E-state index contributed by atoms with van der Waals surface area (Å²) in [6.07, 6.45) is 1.28. The first kappa shape index (κ1) is 20.4. The van der Waals surface area contributed by atoms with Crippen LogP contribution in [0.3, 0.4) is 0 Å². The summed E-state index contributed by atoms with van der Waals surface area (Å²) in [5.74, 6) is -0.305. The molecule has 1 N–H and O–H groups in total. The van der Waals surface area contributed by atoms with E-state index in [1.54, 1.807) is 50.5 Å². The molecule has 2 rings (SSSR count). The van der Waals surface area contributed by atoms with E-state index in [-0.39, 0.29) is 17.2 Å². The van der Waals surface area contributed by atoms with E-state index >= 15 is 0 Å². The van der Waals surface area contributed by atoms with Crippen molar-refractivity contribution in [3.8, 4) is 0 Å². The predicted octanol–water partition coefficient (Wildman–Crippen LogP) is 3.56. The molecule has 138 valence electrons. The van der Waals surface area contributed by atoms with E-state index in [4.69, 9.17) is 11.6 Å². The molecule has 0 aliphatic rings.